The molecule has 1 aromatic heterocycles. The number of aliphatic hydroxyl groups excluding tert-OH is 1. The summed E-state index contributed by atoms with van der Waals surface area (Å²) in [5.74, 6) is 0.730. The summed E-state index contributed by atoms with van der Waals surface area (Å²) in [7, 11) is 0. The molecule has 1 aromatic rings. The average Bonchev–Trinajstić information content (AvgIpc) is 2.94. The van der Waals surface area contributed by atoms with E-state index in [1.807, 2.05) is 5.38 Å². The SMILES string of the molecule is CC1CCC(CO)(NC(=O)c2csc3c2CCCC3)CC1. The number of hydrogen-bond donors (Lipinski definition) is 2. The molecule has 3 rings (SSSR count). The topological polar surface area (TPSA) is 49.3 Å². The number of carbonyl (C=O) groups is 1. The molecule has 1 amide bonds. The number of fused-ring (bicyclic) bond motifs is 1. The van der Waals surface area contributed by atoms with Gasteiger partial charge in [-0.3, -0.25) is 4.79 Å². The van der Waals surface area contributed by atoms with E-state index >= 15 is 0 Å². The number of thiophene rings is 1. The Balaban J connectivity index is 1.75. The van der Waals surface area contributed by atoms with Crippen LogP contribution in [0.25, 0.3) is 0 Å². The van der Waals surface area contributed by atoms with E-state index in [4.69, 9.17) is 0 Å². The predicted molar refractivity (Wildman–Crippen MR) is 85.9 cm³/mol. The lowest BCUT2D eigenvalue weighted by Crippen LogP contribution is -2.53. The maximum atomic E-state index is 12.7. The van der Waals surface area contributed by atoms with Crippen molar-refractivity contribution in [2.24, 2.45) is 5.92 Å². The lowest BCUT2D eigenvalue weighted by Gasteiger charge is -2.38. The van der Waals surface area contributed by atoms with Crippen molar-refractivity contribution in [3.63, 3.8) is 0 Å². The minimum atomic E-state index is -0.396. The van der Waals surface area contributed by atoms with Crippen LogP contribution in [0.4, 0.5) is 0 Å². The first kappa shape index (κ1) is 15.0. The normalized spacial score (nSPS) is 29.0. The van der Waals surface area contributed by atoms with Gasteiger partial charge in [-0.05, 0) is 62.8 Å². The number of aliphatic hydroxyl groups is 1. The van der Waals surface area contributed by atoms with E-state index in [9.17, 15) is 9.90 Å². The van der Waals surface area contributed by atoms with Gasteiger partial charge in [0.05, 0.1) is 17.7 Å². The highest BCUT2D eigenvalue weighted by Gasteiger charge is 2.36. The Bertz CT molecular complexity index is 515. The molecule has 0 atom stereocenters. The van der Waals surface area contributed by atoms with Crippen LogP contribution in [0.5, 0.6) is 0 Å². The summed E-state index contributed by atoms with van der Waals surface area (Å²) in [6, 6.07) is 0. The zero-order chi connectivity index (χ0) is 14.9. The molecule has 0 saturated heterocycles. The van der Waals surface area contributed by atoms with E-state index in [2.05, 4.69) is 12.2 Å². The molecule has 0 bridgehead atoms. The molecule has 4 heteroatoms. The minimum Gasteiger partial charge on any atom is -0.394 e. The first-order chi connectivity index (χ1) is 10.1. The van der Waals surface area contributed by atoms with Gasteiger partial charge in [-0.1, -0.05) is 6.92 Å². The third kappa shape index (κ3) is 3.02. The molecule has 21 heavy (non-hydrogen) atoms. The number of amides is 1. The van der Waals surface area contributed by atoms with Gasteiger partial charge in [0, 0.05) is 10.3 Å². The fourth-order valence-corrected chi connectivity index (χ4v) is 4.76. The van der Waals surface area contributed by atoms with Crippen molar-refractivity contribution >= 4 is 17.2 Å². The van der Waals surface area contributed by atoms with Gasteiger partial charge in [0.2, 0.25) is 0 Å². The van der Waals surface area contributed by atoms with Crippen molar-refractivity contribution in [3.05, 3.63) is 21.4 Å². The lowest BCUT2D eigenvalue weighted by molar-refractivity contribution is 0.0716. The van der Waals surface area contributed by atoms with Gasteiger partial charge in [0.25, 0.3) is 5.91 Å². The number of nitrogens with one attached hydrogen (secondary N) is 1. The number of rotatable bonds is 3. The van der Waals surface area contributed by atoms with Crippen molar-refractivity contribution in [2.75, 3.05) is 6.61 Å². The van der Waals surface area contributed by atoms with Gasteiger partial charge in [-0.2, -0.15) is 0 Å². The predicted octanol–water partition coefficient (Wildman–Crippen LogP) is 3.30. The van der Waals surface area contributed by atoms with Crippen LogP contribution in [0.2, 0.25) is 0 Å². The highest BCUT2D eigenvalue weighted by atomic mass is 32.1. The van der Waals surface area contributed by atoms with Gasteiger partial charge >= 0.3 is 0 Å². The van der Waals surface area contributed by atoms with E-state index in [0.29, 0.717) is 5.92 Å². The first-order valence-corrected chi connectivity index (χ1v) is 9.04. The van der Waals surface area contributed by atoms with Crippen LogP contribution in [0.3, 0.4) is 0 Å². The van der Waals surface area contributed by atoms with E-state index in [-0.39, 0.29) is 12.5 Å². The van der Waals surface area contributed by atoms with Gasteiger partial charge in [0.15, 0.2) is 0 Å². The van der Waals surface area contributed by atoms with Crippen LogP contribution in [0.15, 0.2) is 5.38 Å². The Labute approximate surface area is 130 Å². The summed E-state index contributed by atoms with van der Waals surface area (Å²) < 4.78 is 0. The average molecular weight is 307 g/mol. The molecule has 0 radical (unpaired) electrons. The zero-order valence-electron chi connectivity index (χ0n) is 12.8. The van der Waals surface area contributed by atoms with Crippen LogP contribution in [0, 0.1) is 5.92 Å². The third-order valence-corrected chi connectivity index (χ3v) is 6.31. The second kappa shape index (κ2) is 6.09. The molecule has 2 N–H and O–H groups in total. The summed E-state index contributed by atoms with van der Waals surface area (Å²) in [4.78, 5) is 14.1. The van der Waals surface area contributed by atoms with Gasteiger partial charge < -0.3 is 10.4 Å². The molecule has 0 spiro atoms. The van der Waals surface area contributed by atoms with Gasteiger partial charge in [0.1, 0.15) is 0 Å². The third-order valence-electron chi connectivity index (χ3n) is 5.22. The highest BCUT2D eigenvalue weighted by molar-refractivity contribution is 7.10. The molecular formula is C17H25NO2S. The monoisotopic (exact) mass is 307 g/mol. The lowest BCUT2D eigenvalue weighted by atomic mass is 9.77. The summed E-state index contributed by atoms with van der Waals surface area (Å²) in [5, 5.41) is 15.0. The molecule has 1 heterocycles. The fourth-order valence-electron chi connectivity index (χ4n) is 3.63. The highest BCUT2D eigenvalue weighted by Crippen LogP contribution is 2.34. The van der Waals surface area contributed by atoms with E-state index in [1.54, 1.807) is 11.3 Å². The summed E-state index contributed by atoms with van der Waals surface area (Å²) in [6.45, 7) is 2.30. The van der Waals surface area contributed by atoms with Crippen molar-refractivity contribution in [2.45, 2.75) is 63.8 Å². The standard InChI is InChI=1S/C17H25NO2S/c1-12-6-8-17(11-19,9-7-12)18-16(20)14-10-21-15-5-3-2-4-13(14)15/h10,12,19H,2-9,11H2,1H3,(H,18,20). The van der Waals surface area contributed by atoms with Crippen LogP contribution in [-0.4, -0.2) is 23.2 Å². The molecule has 0 unspecified atom stereocenters. The minimum absolute atomic E-state index is 0.0259. The maximum Gasteiger partial charge on any atom is 0.252 e. The van der Waals surface area contributed by atoms with Crippen molar-refractivity contribution in [1.82, 2.24) is 5.32 Å². The number of hydrogen-bond acceptors (Lipinski definition) is 3. The molecule has 3 nitrogen and oxygen atoms in total. The largest absolute Gasteiger partial charge is 0.394 e. The Morgan fingerprint density at radius 1 is 1.38 bits per heavy atom. The Morgan fingerprint density at radius 2 is 2.10 bits per heavy atom. The number of carbonyl (C=O) groups excluding carboxylic acids is 1. The van der Waals surface area contributed by atoms with Crippen molar-refractivity contribution in [1.29, 1.82) is 0 Å². The summed E-state index contributed by atoms with van der Waals surface area (Å²) >= 11 is 1.73. The van der Waals surface area contributed by atoms with Crippen LogP contribution >= 0.6 is 11.3 Å². The maximum absolute atomic E-state index is 12.7. The molecule has 0 aromatic carbocycles. The van der Waals surface area contributed by atoms with Crippen LogP contribution in [0.1, 0.15) is 66.2 Å². The number of aryl methyl sites for hydroxylation is 1. The molecule has 2 aliphatic carbocycles. The van der Waals surface area contributed by atoms with E-state index < -0.39 is 5.54 Å². The Morgan fingerprint density at radius 3 is 2.81 bits per heavy atom. The van der Waals surface area contributed by atoms with E-state index in [0.717, 1.165) is 44.1 Å². The van der Waals surface area contributed by atoms with Gasteiger partial charge in [-0.25, -0.2) is 0 Å². The van der Waals surface area contributed by atoms with Crippen LogP contribution < -0.4 is 5.32 Å². The quantitative estimate of drug-likeness (QED) is 0.900. The molecule has 0 aliphatic heterocycles. The second-order valence-corrected chi connectivity index (χ2v) is 7.80. The van der Waals surface area contributed by atoms with Crippen LogP contribution in [-0.2, 0) is 12.8 Å². The zero-order valence-corrected chi connectivity index (χ0v) is 13.6. The summed E-state index contributed by atoms with van der Waals surface area (Å²) in [5.41, 5.74) is 1.73. The smallest absolute Gasteiger partial charge is 0.252 e. The Kier molecular flexibility index (Phi) is 4.36. The van der Waals surface area contributed by atoms with Crippen molar-refractivity contribution < 1.29 is 9.90 Å². The van der Waals surface area contributed by atoms with Crippen molar-refractivity contribution in [3.8, 4) is 0 Å². The van der Waals surface area contributed by atoms with E-state index in [1.165, 1.54) is 23.3 Å². The molecule has 116 valence electrons. The molecule has 2 aliphatic rings. The summed E-state index contributed by atoms with van der Waals surface area (Å²) in [6.07, 6.45) is 8.54. The Hall–Kier alpha value is -0.870. The molecular weight excluding hydrogens is 282 g/mol. The van der Waals surface area contributed by atoms with Gasteiger partial charge in [-0.15, -0.1) is 11.3 Å². The second-order valence-electron chi connectivity index (χ2n) is 6.83. The molecule has 1 fully saturated rings. The molecule has 1 saturated carbocycles. The fraction of sp³-hybridized carbons (Fsp3) is 0.706. The first-order valence-electron chi connectivity index (χ1n) is 8.16.